The van der Waals surface area contributed by atoms with E-state index >= 15 is 0 Å². The van der Waals surface area contributed by atoms with Crippen LogP contribution < -0.4 is 15.0 Å². The van der Waals surface area contributed by atoms with E-state index < -0.39 is 0 Å². The van der Waals surface area contributed by atoms with E-state index in [2.05, 4.69) is 21.3 Å². The van der Waals surface area contributed by atoms with E-state index in [9.17, 15) is 0 Å². The number of aromatic nitrogens is 2. The lowest BCUT2D eigenvalue weighted by molar-refractivity contribution is -0.648. The Bertz CT molecular complexity index is 1040. The molecule has 4 nitrogen and oxygen atoms in total. The maximum atomic E-state index is 6.52. The van der Waals surface area contributed by atoms with Crippen molar-refractivity contribution in [1.82, 2.24) is 4.57 Å². The number of nitrogens with zero attached hydrogens (tertiary/aromatic N) is 2. The highest BCUT2D eigenvalue weighted by molar-refractivity contribution is 6.30. The third kappa shape index (κ3) is 3.76. The third-order valence-electron chi connectivity index (χ3n) is 4.60. The predicted molar refractivity (Wildman–Crippen MR) is 109 cm³/mol. The van der Waals surface area contributed by atoms with Gasteiger partial charge in [0.2, 0.25) is 0 Å². The van der Waals surface area contributed by atoms with Crippen molar-refractivity contribution < 1.29 is 9.30 Å². The highest BCUT2D eigenvalue weighted by atomic mass is 35.5. The Morgan fingerprint density at radius 3 is 2.37 bits per heavy atom. The van der Waals surface area contributed by atoms with Gasteiger partial charge in [-0.25, -0.2) is 9.13 Å². The second-order valence-corrected chi connectivity index (χ2v) is 6.81. The highest BCUT2D eigenvalue weighted by Gasteiger charge is 2.20. The van der Waals surface area contributed by atoms with Gasteiger partial charge in [0.25, 0.3) is 0 Å². The molecule has 4 rings (SSSR count). The number of nitrogens with two attached hydrogens (primary N) is 1. The first-order valence-electron chi connectivity index (χ1n) is 8.91. The second kappa shape index (κ2) is 7.72. The van der Waals surface area contributed by atoms with Crippen LogP contribution in [0, 0.1) is 0 Å². The molecular weight excluding hydrogens is 358 g/mol. The number of nitrogen functional groups attached to an aromatic ring is 1. The molecule has 1 heterocycles. The summed E-state index contributed by atoms with van der Waals surface area (Å²) in [6, 6.07) is 25.9. The molecule has 0 spiro atoms. The van der Waals surface area contributed by atoms with Crippen molar-refractivity contribution in [3.8, 4) is 5.75 Å². The minimum absolute atomic E-state index is 0.549. The van der Waals surface area contributed by atoms with E-state index in [1.807, 2.05) is 66.7 Å². The first kappa shape index (κ1) is 17.4. The summed E-state index contributed by atoms with van der Waals surface area (Å²) in [7, 11) is 0. The maximum Gasteiger partial charge on any atom is 0.356 e. The van der Waals surface area contributed by atoms with Gasteiger partial charge >= 0.3 is 5.95 Å². The number of rotatable bonds is 6. The molecule has 0 amide bonds. The van der Waals surface area contributed by atoms with Crippen LogP contribution in [0.15, 0.2) is 78.9 Å². The zero-order valence-electron chi connectivity index (χ0n) is 14.9. The van der Waals surface area contributed by atoms with Crippen LogP contribution in [0.5, 0.6) is 5.75 Å². The molecule has 2 N–H and O–H groups in total. The van der Waals surface area contributed by atoms with Crippen LogP contribution in [0.1, 0.15) is 5.56 Å². The molecule has 0 saturated heterocycles. The van der Waals surface area contributed by atoms with Gasteiger partial charge in [-0.15, -0.1) is 0 Å². The lowest BCUT2D eigenvalue weighted by Crippen LogP contribution is -2.37. The Balaban J connectivity index is 1.61. The van der Waals surface area contributed by atoms with Gasteiger partial charge in [-0.3, -0.25) is 5.73 Å². The van der Waals surface area contributed by atoms with Crippen LogP contribution >= 0.6 is 11.6 Å². The van der Waals surface area contributed by atoms with Gasteiger partial charge in [0, 0.05) is 5.02 Å². The van der Waals surface area contributed by atoms with Crippen LogP contribution in [0.25, 0.3) is 11.0 Å². The zero-order chi connectivity index (χ0) is 18.6. The van der Waals surface area contributed by atoms with Crippen molar-refractivity contribution >= 4 is 28.6 Å². The fourth-order valence-electron chi connectivity index (χ4n) is 3.26. The molecular formula is C22H21ClN3O+. The summed E-state index contributed by atoms with van der Waals surface area (Å²) in [5, 5.41) is 0.734. The lowest BCUT2D eigenvalue weighted by atomic mass is 10.2. The molecule has 0 radical (unpaired) electrons. The summed E-state index contributed by atoms with van der Waals surface area (Å²) < 4.78 is 10.1. The molecule has 5 heteroatoms. The Labute approximate surface area is 163 Å². The molecule has 0 fully saturated rings. The van der Waals surface area contributed by atoms with Crippen LogP contribution in [-0.4, -0.2) is 11.2 Å². The summed E-state index contributed by atoms with van der Waals surface area (Å²) in [5.41, 5.74) is 9.87. The predicted octanol–water partition coefficient (Wildman–Crippen LogP) is 4.29. The van der Waals surface area contributed by atoms with E-state index in [0.717, 1.165) is 27.4 Å². The van der Waals surface area contributed by atoms with E-state index in [1.165, 1.54) is 0 Å². The average Bonchev–Trinajstić information content (AvgIpc) is 2.96. The molecule has 0 aliphatic carbocycles. The lowest BCUT2D eigenvalue weighted by Gasteiger charge is -2.06. The number of anilines is 1. The van der Waals surface area contributed by atoms with Gasteiger partial charge in [0.15, 0.2) is 0 Å². The number of fused-ring (bicyclic) bond motifs is 1. The number of benzene rings is 3. The van der Waals surface area contributed by atoms with Crippen LogP contribution in [0.3, 0.4) is 0 Å². The summed E-state index contributed by atoms with van der Waals surface area (Å²) in [6.45, 7) is 1.92. The Morgan fingerprint density at radius 2 is 1.59 bits per heavy atom. The molecule has 0 aliphatic rings. The smallest absolute Gasteiger partial charge is 0.356 e. The maximum absolute atomic E-state index is 6.52. The fourth-order valence-corrected chi connectivity index (χ4v) is 3.38. The summed E-state index contributed by atoms with van der Waals surface area (Å²) in [6.07, 6.45) is 0. The van der Waals surface area contributed by atoms with Crippen molar-refractivity contribution in [1.29, 1.82) is 0 Å². The fraction of sp³-hybridized carbons (Fsp3) is 0.136. The first-order chi connectivity index (χ1) is 13.2. The number of hydrogen-bond acceptors (Lipinski definition) is 2. The molecule has 27 heavy (non-hydrogen) atoms. The quantitative estimate of drug-likeness (QED) is 0.508. The average molecular weight is 379 g/mol. The number of hydrogen-bond donors (Lipinski definition) is 1. The molecule has 0 aliphatic heterocycles. The van der Waals surface area contributed by atoms with Gasteiger partial charge in [0.1, 0.15) is 29.9 Å². The number of imidazole rings is 1. The Hall–Kier alpha value is -2.98. The molecule has 0 unspecified atom stereocenters. The number of ether oxygens (including phenoxy) is 1. The highest BCUT2D eigenvalue weighted by Crippen LogP contribution is 2.18. The van der Waals surface area contributed by atoms with E-state index in [4.69, 9.17) is 22.1 Å². The number of halogens is 1. The van der Waals surface area contributed by atoms with Gasteiger partial charge < -0.3 is 4.74 Å². The van der Waals surface area contributed by atoms with Crippen molar-refractivity contribution in [2.75, 3.05) is 12.3 Å². The molecule has 4 aromatic rings. The molecule has 1 aromatic heterocycles. The monoisotopic (exact) mass is 378 g/mol. The van der Waals surface area contributed by atoms with Gasteiger partial charge in [-0.2, -0.15) is 0 Å². The normalized spacial score (nSPS) is 11.0. The first-order valence-corrected chi connectivity index (χ1v) is 9.29. The van der Waals surface area contributed by atoms with Gasteiger partial charge in [-0.05, 0) is 42.0 Å². The van der Waals surface area contributed by atoms with Gasteiger partial charge in [-0.1, -0.05) is 54.1 Å². The SMILES string of the molecule is Nc1n(CCOc2ccccc2)c2ccccc2[n+]1Cc1ccc(Cl)cc1. The summed E-state index contributed by atoms with van der Waals surface area (Å²) >= 11 is 6.00. The molecule has 0 atom stereocenters. The van der Waals surface area contributed by atoms with Gasteiger partial charge in [0.05, 0.1) is 6.54 Å². The molecule has 0 saturated carbocycles. The topological polar surface area (TPSA) is 44.1 Å². The molecule has 3 aromatic carbocycles. The second-order valence-electron chi connectivity index (χ2n) is 6.37. The van der Waals surface area contributed by atoms with Crippen molar-refractivity contribution in [3.05, 3.63) is 89.4 Å². The Morgan fingerprint density at radius 1 is 0.889 bits per heavy atom. The zero-order valence-corrected chi connectivity index (χ0v) is 15.6. The summed E-state index contributed by atoms with van der Waals surface area (Å²) in [4.78, 5) is 0. The van der Waals surface area contributed by atoms with E-state index in [-0.39, 0.29) is 0 Å². The minimum Gasteiger partial charge on any atom is -0.490 e. The Kier molecular flexibility index (Phi) is 4.99. The van der Waals surface area contributed by atoms with E-state index in [0.29, 0.717) is 25.6 Å². The summed E-state index contributed by atoms with van der Waals surface area (Å²) in [5.74, 6) is 1.57. The largest absolute Gasteiger partial charge is 0.490 e. The van der Waals surface area contributed by atoms with Crippen molar-refractivity contribution in [2.45, 2.75) is 13.1 Å². The van der Waals surface area contributed by atoms with Crippen molar-refractivity contribution in [3.63, 3.8) is 0 Å². The van der Waals surface area contributed by atoms with Crippen molar-refractivity contribution in [2.24, 2.45) is 0 Å². The standard InChI is InChI=1S/C22H20ClN3O/c23-18-12-10-17(11-13-18)16-26-21-9-5-4-8-20(21)25(22(26)24)14-15-27-19-6-2-1-3-7-19/h1-13,24H,14-16H2/p+1. The molecule has 136 valence electrons. The van der Waals surface area contributed by atoms with Crippen LogP contribution in [0.4, 0.5) is 5.95 Å². The third-order valence-corrected chi connectivity index (χ3v) is 4.85. The van der Waals surface area contributed by atoms with Crippen LogP contribution in [-0.2, 0) is 13.1 Å². The minimum atomic E-state index is 0.549. The number of para-hydroxylation sites is 3. The van der Waals surface area contributed by atoms with Crippen LogP contribution in [0.2, 0.25) is 5.02 Å². The van der Waals surface area contributed by atoms with E-state index in [1.54, 1.807) is 0 Å². The molecule has 0 bridgehead atoms.